The van der Waals surface area contributed by atoms with Gasteiger partial charge in [0, 0.05) is 18.9 Å². The normalized spacial score (nSPS) is 12.2. The number of aromatic nitrogens is 1. The van der Waals surface area contributed by atoms with Crippen molar-refractivity contribution in [2.24, 2.45) is 7.05 Å². The second-order valence-corrected chi connectivity index (χ2v) is 3.49. The predicted octanol–water partition coefficient (Wildman–Crippen LogP) is 2.62. The molecule has 0 fully saturated rings. The SMILES string of the molecule is C/C(S)=C/c1c(C)ccn1C. The molecular weight excluding hydrogens is 154 g/mol. The van der Waals surface area contributed by atoms with Crippen LogP contribution in [-0.4, -0.2) is 4.57 Å². The molecule has 1 rings (SSSR count). The number of allylic oxidation sites excluding steroid dienone is 1. The van der Waals surface area contributed by atoms with E-state index in [1.54, 1.807) is 0 Å². The molecule has 0 saturated heterocycles. The number of hydrogen-bond acceptors (Lipinski definition) is 1. The highest BCUT2D eigenvalue weighted by atomic mass is 32.1. The van der Waals surface area contributed by atoms with E-state index in [9.17, 15) is 0 Å². The van der Waals surface area contributed by atoms with Crippen molar-refractivity contribution in [2.75, 3.05) is 0 Å². The summed E-state index contributed by atoms with van der Waals surface area (Å²) < 4.78 is 2.09. The lowest BCUT2D eigenvalue weighted by molar-refractivity contribution is 0.910. The van der Waals surface area contributed by atoms with Gasteiger partial charge in [-0.05, 0) is 36.5 Å². The molecule has 1 aromatic rings. The van der Waals surface area contributed by atoms with Crippen LogP contribution in [0.2, 0.25) is 0 Å². The predicted molar refractivity (Wildman–Crippen MR) is 52.8 cm³/mol. The minimum absolute atomic E-state index is 1.04. The summed E-state index contributed by atoms with van der Waals surface area (Å²) in [5.41, 5.74) is 2.53. The van der Waals surface area contributed by atoms with E-state index in [1.807, 2.05) is 14.0 Å². The van der Waals surface area contributed by atoms with Crippen molar-refractivity contribution in [2.45, 2.75) is 13.8 Å². The molecule has 0 N–H and O–H groups in total. The fourth-order valence-corrected chi connectivity index (χ4v) is 1.20. The van der Waals surface area contributed by atoms with Crippen molar-refractivity contribution in [3.8, 4) is 0 Å². The average molecular weight is 167 g/mol. The Morgan fingerprint density at radius 1 is 1.64 bits per heavy atom. The third-order valence-corrected chi connectivity index (χ3v) is 1.81. The quantitative estimate of drug-likeness (QED) is 0.613. The van der Waals surface area contributed by atoms with Crippen LogP contribution in [0.15, 0.2) is 17.2 Å². The van der Waals surface area contributed by atoms with Crippen LogP contribution in [-0.2, 0) is 7.05 Å². The van der Waals surface area contributed by atoms with Crippen LogP contribution < -0.4 is 0 Å². The standard InChI is InChI=1S/C9H13NS/c1-7-4-5-10(3)9(7)6-8(2)11/h4-6,11H,1-3H3/b8-6-. The Kier molecular flexibility index (Phi) is 2.45. The van der Waals surface area contributed by atoms with Crippen molar-refractivity contribution in [1.29, 1.82) is 0 Å². The molecule has 1 heterocycles. The summed E-state index contributed by atoms with van der Waals surface area (Å²) >= 11 is 4.23. The lowest BCUT2D eigenvalue weighted by atomic mass is 10.2. The maximum Gasteiger partial charge on any atom is 0.0441 e. The van der Waals surface area contributed by atoms with Crippen LogP contribution in [0.25, 0.3) is 6.08 Å². The topological polar surface area (TPSA) is 4.93 Å². The molecule has 60 valence electrons. The zero-order valence-corrected chi connectivity index (χ0v) is 8.02. The summed E-state index contributed by atoms with van der Waals surface area (Å²) in [4.78, 5) is 1.04. The van der Waals surface area contributed by atoms with Crippen LogP contribution in [0.5, 0.6) is 0 Å². The van der Waals surface area contributed by atoms with Gasteiger partial charge < -0.3 is 4.57 Å². The molecule has 0 amide bonds. The molecule has 0 saturated carbocycles. The minimum atomic E-state index is 1.04. The fraction of sp³-hybridized carbons (Fsp3) is 0.333. The van der Waals surface area contributed by atoms with Gasteiger partial charge in [-0.1, -0.05) is 0 Å². The van der Waals surface area contributed by atoms with Gasteiger partial charge in [-0.25, -0.2) is 0 Å². The average Bonchev–Trinajstić information content (AvgIpc) is 2.18. The lowest BCUT2D eigenvalue weighted by Gasteiger charge is -1.98. The van der Waals surface area contributed by atoms with Gasteiger partial charge in [-0.2, -0.15) is 0 Å². The van der Waals surface area contributed by atoms with Crippen LogP contribution in [0.4, 0.5) is 0 Å². The first kappa shape index (κ1) is 8.47. The van der Waals surface area contributed by atoms with E-state index in [0.717, 1.165) is 4.91 Å². The molecule has 11 heavy (non-hydrogen) atoms. The minimum Gasteiger partial charge on any atom is -0.351 e. The van der Waals surface area contributed by atoms with Crippen LogP contribution in [0, 0.1) is 6.92 Å². The molecule has 0 bridgehead atoms. The zero-order chi connectivity index (χ0) is 8.43. The van der Waals surface area contributed by atoms with Crippen molar-refractivity contribution < 1.29 is 0 Å². The summed E-state index contributed by atoms with van der Waals surface area (Å²) in [6.45, 7) is 4.08. The van der Waals surface area contributed by atoms with Gasteiger partial charge in [0.25, 0.3) is 0 Å². The smallest absolute Gasteiger partial charge is 0.0441 e. The summed E-state index contributed by atoms with van der Waals surface area (Å²) in [5.74, 6) is 0. The summed E-state index contributed by atoms with van der Waals surface area (Å²) in [7, 11) is 2.04. The third kappa shape index (κ3) is 1.90. The Bertz CT molecular complexity index is 260. The van der Waals surface area contributed by atoms with Gasteiger partial charge in [0.2, 0.25) is 0 Å². The maximum absolute atomic E-state index is 4.23. The molecule has 0 atom stereocenters. The van der Waals surface area contributed by atoms with Crippen LogP contribution >= 0.6 is 12.6 Å². The second-order valence-electron chi connectivity index (χ2n) is 2.78. The first-order chi connectivity index (χ1) is 5.11. The molecule has 0 aliphatic heterocycles. The fourth-order valence-electron chi connectivity index (χ4n) is 1.08. The monoisotopic (exact) mass is 167 g/mol. The molecule has 2 heteroatoms. The van der Waals surface area contributed by atoms with Gasteiger partial charge in [0.15, 0.2) is 0 Å². The number of aryl methyl sites for hydroxylation is 2. The summed E-state index contributed by atoms with van der Waals surface area (Å²) in [6, 6.07) is 2.10. The molecule has 0 aliphatic carbocycles. The van der Waals surface area contributed by atoms with Crippen LogP contribution in [0.1, 0.15) is 18.2 Å². The first-order valence-corrected chi connectivity index (χ1v) is 4.05. The van der Waals surface area contributed by atoms with Gasteiger partial charge in [0.05, 0.1) is 0 Å². The van der Waals surface area contributed by atoms with Crippen molar-refractivity contribution in [1.82, 2.24) is 4.57 Å². The van der Waals surface area contributed by atoms with E-state index in [-0.39, 0.29) is 0 Å². The molecule has 0 unspecified atom stereocenters. The highest BCUT2D eigenvalue weighted by Crippen LogP contribution is 2.13. The molecule has 0 aromatic carbocycles. The molecule has 1 aromatic heterocycles. The lowest BCUT2D eigenvalue weighted by Crippen LogP contribution is -1.89. The van der Waals surface area contributed by atoms with Gasteiger partial charge >= 0.3 is 0 Å². The Hall–Kier alpha value is -0.630. The zero-order valence-electron chi connectivity index (χ0n) is 7.13. The Balaban J connectivity index is 3.11. The number of hydrogen-bond donors (Lipinski definition) is 1. The van der Waals surface area contributed by atoms with Gasteiger partial charge in [0.1, 0.15) is 0 Å². The van der Waals surface area contributed by atoms with Crippen LogP contribution in [0.3, 0.4) is 0 Å². The van der Waals surface area contributed by atoms with E-state index in [4.69, 9.17) is 0 Å². The Labute approximate surface area is 73.1 Å². The van der Waals surface area contributed by atoms with E-state index in [0.29, 0.717) is 0 Å². The molecular formula is C9H13NS. The van der Waals surface area contributed by atoms with E-state index < -0.39 is 0 Å². The highest BCUT2D eigenvalue weighted by Gasteiger charge is 1.97. The van der Waals surface area contributed by atoms with Gasteiger partial charge in [-0.3, -0.25) is 0 Å². The Morgan fingerprint density at radius 3 is 2.64 bits per heavy atom. The van der Waals surface area contributed by atoms with Crippen molar-refractivity contribution >= 4 is 18.7 Å². The third-order valence-electron chi connectivity index (χ3n) is 1.68. The number of thiol groups is 1. The Morgan fingerprint density at radius 2 is 2.27 bits per heavy atom. The largest absolute Gasteiger partial charge is 0.351 e. The molecule has 0 aliphatic rings. The second kappa shape index (κ2) is 3.18. The summed E-state index contributed by atoms with van der Waals surface area (Å²) in [5, 5.41) is 0. The maximum atomic E-state index is 4.23. The van der Waals surface area contributed by atoms with Crippen molar-refractivity contribution in [3.63, 3.8) is 0 Å². The van der Waals surface area contributed by atoms with Gasteiger partial charge in [-0.15, -0.1) is 12.6 Å². The van der Waals surface area contributed by atoms with E-state index >= 15 is 0 Å². The molecule has 0 radical (unpaired) electrons. The highest BCUT2D eigenvalue weighted by molar-refractivity contribution is 7.84. The van der Waals surface area contributed by atoms with E-state index in [2.05, 4.69) is 42.5 Å². The first-order valence-electron chi connectivity index (χ1n) is 3.60. The molecule has 1 nitrogen and oxygen atoms in total. The number of rotatable bonds is 1. The van der Waals surface area contributed by atoms with E-state index in [1.165, 1.54) is 11.3 Å². The van der Waals surface area contributed by atoms with Crippen molar-refractivity contribution in [3.05, 3.63) is 28.4 Å². The summed E-state index contributed by atoms with van der Waals surface area (Å²) in [6.07, 6.45) is 4.12. The number of nitrogens with zero attached hydrogens (tertiary/aromatic N) is 1. The molecule has 0 spiro atoms.